The molecule has 0 radical (unpaired) electrons. The maximum absolute atomic E-state index is 12.7. The molecule has 0 amide bonds. The molecule has 0 aliphatic carbocycles. The lowest BCUT2D eigenvalue weighted by molar-refractivity contribution is -0.149. The highest BCUT2D eigenvalue weighted by Crippen LogP contribution is 2.31. The van der Waals surface area contributed by atoms with Crippen molar-refractivity contribution in [3.63, 3.8) is 0 Å². The Morgan fingerprint density at radius 3 is 1.82 bits per heavy atom. The van der Waals surface area contributed by atoms with Crippen molar-refractivity contribution >= 4 is 5.97 Å². The average molecular weight is 553 g/mol. The van der Waals surface area contributed by atoms with Crippen LogP contribution in [0.15, 0.2) is 103 Å². The number of methoxy groups -OCH3 is 1. The Labute approximate surface area is 229 Å². The van der Waals surface area contributed by atoms with E-state index in [0.717, 1.165) is 12.1 Å². The standard InChI is InChI=1S/C31H27F3O6/c1-21(38-26-14-10-23(11-15-26)31(32,33)34)20-37-24-12-8-22(9-13-24)29(30(35)36-2)40-28-18-16-27(17-19-28)39-25-6-4-3-5-7-25/h3-19,21,29H,20H2,1-2H3. The van der Waals surface area contributed by atoms with Crippen molar-refractivity contribution in [1.82, 2.24) is 0 Å². The van der Waals surface area contributed by atoms with Gasteiger partial charge in [0, 0.05) is 5.56 Å². The average Bonchev–Trinajstić information content (AvgIpc) is 2.96. The zero-order valence-corrected chi connectivity index (χ0v) is 21.8. The molecule has 0 aliphatic heterocycles. The molecule has 4 rings (SSSR count). The van der Waals surface area contributed by atoms with E-state index in [0.29, 0.717) is 34.3 Å². The number of alkyl halides is 3. The molecule has 40 heavy (non-hydrogen) atoms. The van der Waals surface area contributed by atoms with E-state index in [4.69, 9.17) is 23.7 Å². The monoisotopic (exact) mass is 552 g/mol. The van der Waals surface area contributed by atoms with Gasteiger partial charge < -0.3 is 23.7 Å². The minimum Gasteiger partial charge on any atom is -0.490 e. The number of hydrogen-bond acceptors (Lipinski definition) is 6. The molecule has 0 aromatic heterocycles. The SMILES string of the molecule is COC(=O)C(Oc1ccc(Oc2ccccc2)cc1)c1ccc(OCC(C)Oc2ccc(C(F)(F)F)cc2)cc1. The Hall–Kier alpha value is -4.66. The summed E-state index contributed by atoms with van der Waals surface area (Å²) in [6.45, 7) is 1.89. The summed E-state index contributed by atoms with van der Waals surface area (Å²) in [5, 5.41) is 0. The zero-order chi connectivity index (χ0) is 28.5. The number of hydrogen-bond donors (Lipinski definition) is 0. The van der Waals surface area contributed by atoms with Crippen LogP contribution in [0.4, 0.5) is 13.2 Å². The first-order chi connectivity index (χ1) is 19.2. The van der Waals surface area contributed by atoms with Gasteiger partial charge in [-0.05, 0) is 79.7 Å². The maximum Gasteiger partial charge on any atom is 0.416 e. The summed E-state index contributed by atoms with van der Waals surface area (Å²) in [5.74, 6) is 2.01. The maximum atomic E-state index is 12.7. The van der Waals surface area contributed by atoms with Crippen LogP contribution in [0.5, 0.6) is 28.7 Å². The van der Waals surface area contributed by atoms with E-state index in [2.05, 4.69) is 0 Å². The summed E-state index contributed by atoms with van der Waals surface area (Å²) in [6.07, 6.45) is -5.85. The molecule has 9 heteroatoms. The first-order valence-electron chi connectivity index (χ1n) is 12.4. The minimum atomic E-state index is -4.40. The number of ether oxygens (including phenoxy) is 5. The molecule has 0 N–H and O–H groups in total. The smallest absolute Gasteiger partial charge is 0.416 e. The first kappa shape index (κ1) is 28.4. The summed E-state index contributed by atoms with van der Waals surface area (Å²) in [6, 6.07) is 27.4. The van der Waals surface area contributed by atoms with Crippen LogP contribution in [0.25, 0.3) is 0 Å². The fourth-order valence-corrected chi connectivity index (χ4v) is 3.65. The summed E-state index contributed by atoms with van der Waals surface area (Å²) in [4.78, 5) is 12.5. The third-order valence-electron chi connectivity index (χ3n) is 5.66. The van der Waals surface area contributed by atoms with Crippen molar-refractivity contribution in [2.45, 2.75) is 25.3 Å². The molecule has 0 spiro atoms. The molecule has 2 unspecified atom stereocenters. The van der Waals surface area contributed by atoms with Crippen LogP contribution in [-0.2, 0) is 15.7 Å². The number of esters is 1. The molecular formula is C31H27F3O6. The van der Waals surface area contributed by atoms with Crippen molar-refractivity contribution in [2.75, 3.05) is 13.7 Å². The fraction of sp³-hybridized carbons (Fsp3) is 0.194. The van der Waals surface area contributed by atoms with E-state index in [1.54, 1.807) is 55.5 Å². The summed E-state index contributed by atoms with van der Waals surface area (Å²) in [5.41, 5.74) is -0.190. The van der Waals surface area contributed by atoms with Crippen LogP contribution in [0.1, 0.15) is 24.2 Å². The van der Waals surface area contributed by atoms with Gasteiger partial charge in [-0.3, -0.25) is 0 Å². The lowest BCUT2D eigenvalue weighted by Gasteiger charge is -2.19. The van der Waals surface area contributed by atoms with Crippen LogP contribution < -0.4 is 18.9 Å². The molecule has 6 nitrogen and oxygen atoms in total. The van der Waals surface area contributed by atoms with Crippen LogP contribution in [0, 0.1) is 0 Å². The second kappa shape index (κ2) is 12.9. The first-order valence-corrected chi connectivity index (χ1v) is 12.4. The molecule has 4 aromatic rings. The highest BCUT2D eigenvalue weighted by atomic mass is 19.4. The van der Waals surface area contributed by atoms with Crippen LogP contribution in [-0.4, -0.2) is 25.8 Å². The Kier molecular flexibility index (Phi) is 9.16. The van der Waals surface area contributed by atoms with Gasteiger partial charge in [-0.2, -0.15) is 13.2 Å². The summed E-state index contributed by atoms with van der Waals surface area (Å²) in [7, 11) is 1.28. The van der Waals surface area contributed by atoms with E-state index < -0.39 is 29.9 Å². The molecule has 2 atom stereocenters. The zero-order valence-electron chi connectivity index (χ0n) is 21.8. The normalized spacial score (nSPS) is 12.6. The number of benzene rings is 4. The van der Waals surface area contributed by atoms with Gasteiger partial charge in [0.15, 0.2) is 0 Å². The number of rotatable bonds is 11. The van der Waals surface area contributed by atoms with Gasteiger partial charge in [0.25, 0.3) is 0 Å². The van der Waals surface area contributed by atoms with E-state index >= 15 is 0 Å². The lowest BCUT2D eigenvalue weighted by Crippen LogP contribution is -2.21. The van der Waals surface area contributed by atoms with Gasteiger partial charge in [0.05, 0.1) is 12.7 Å². The lowest BCUT2D eigenvalue weighted by atomic mass is 10.1. The highest BCUT2D eigenvalue weighted by molar-refractivity contribution is 5.77. The van der Waals surface area contributed by atoms with Gasteiger partial charge in [-0.25, -0.2) is 4.79 Å². The molecule has 0 bridgehead atoms. The quantitative estimate of drug-likeness (QED) is 0.178. The predicted octanol–water partition coefficient (Wildman–Crippen LogP) is 7.64. The Morgan fingerprint density at radius 2 is 1.23 bits per heavy atom. The Bertz CT molecular complexity index is 1360. The van der Waals surface area contributed by atoms with Gasteiger partial charge in [0.1, 0.15) is 41.5 Å². The van der Waals surface area contributed by atoms with Crippen molar-refractivity contribution in [2.24, 2.45) is 0 Å². The third kappa shape index (κ3) is 7.92. The largest absolute Gasteiger partial charge is 0.490 e. The van der Waals surface area contributed by atoms with Gasteiger partial charge in [-0.15, -0.1) is 0 Å². The number of carbonyl (C=O) groups is 1. The fourth-order valence-electron chi connectivity index (χ4n) is 3.65. The van der Waals surface area contributed by atoms with Gasteiger partial charge >= 0.3 is 12.1 Å². The molecular weight excluding hydrogens is 525 g/mol. The Balaban J connectivity index is 1.33. The van der Waals surface area contributed by atoms with Crippen LogP contribution in [0.2, 0.25) is 0 Å². The van der Waals surface area contributed by atoms with Crippen molar-refractivity contribution in [3.8, 4) is 28.7 Å². The van der Waals surface area contributed by atoms with E-state index in [1.165, 1.54) is 19.2 Å². The predicted molar refractivity (Wildman–Crippen MR) is 142 cm³/mol. The van der Waals surface area contributed by atoms with Gasteiger partial charge in [-0.1, -0.05) is 30.3 Å². The minimum absolute atomic E-state index is 0.148. The second-order valence-corrected chi connectivity index (χ2v) is 8.74. The molecule has 208 valence electrons. The summed E-state index contributed by atoms with van der Waals surface area (Å²) < 4.78 is 66.2. The summed E-state index contributed by atoms with van der Waals surface area (Å²) >= 11 is 0. The number of carbonyl (C=O) groups excluding carboxylic acids is 1. The number of halogens is 3. The van der Waals surface area contributed by atoms with Crippen molar-refractivity contribution in [1.29, 1.82) is 0 Å². The van der Waals surface area contributed by atoms with E-state index in [9.17, 15) is 18.0 Å². The molecule has 0 saturated carbocycles. The molecule has 0 aliphatic rings. The third-order valence-corrected chi connectivity index (χ3v) is 5.66. The van der Waals surface area contributed by atoms with Crippen LogP contribution >= 0.6 is 0 Å². The molecule has 0 heterocycles. The van der Waals surface area contributed by atoms with E-state index in [1.807, 2.05) is 30.3 Å². The number of para-hydroxylation sites is 1. The Morgan fingerprint density at radius 1 is 0.700 bits per heavy atom. The van der Waals surface area contributed by atoms with Crippen LogP contribution in [0.3, 0.4) is 0 Å². The topological polar surface area (TPSA) is 63.2 Å². The molecule has 0 saturated heterocycles. The molecule has 4 aromatic carbocycles. The highest BCUT2D eigenvalue weighted by Gasteiger charge is 2.30. The second-order valence-electron chi connectivity index (χ2n) is 8.74. The van der Waals surface area contributed by atoms with Crippen molar-refractivity contribution in [3.05, 3.63) is 114 Å². The van der Waals surface area contributed by atoms with Gasteiger partial charge in [0.2, 0.25) is 6.10 Å². The molecule has 0 fully saturated rings. The van der Waals surface area contributed by atoms with E-state index in [-0.39, 0.29) is 6.61 Å². The van der Waals surface area contributed by atoms with Crippen molar-refractivity contribution < 1.29 is 41.7 Å².